The molecule has 0 N–H and O–H groups in total. The lowest BCUT2D eigenvalue weighted by atomic mass is 10.0. The first kappa shape index (κ1) is 56.4. The van der Waals surface area contributed by atoms with Crippen LogP contribution in [0.4, 0.5) is 0 Å². The minimum Gasteiger partial charge on any atom is -0.462 e. The summed E-state index contributed by atoms with van der Waals surface area (Å²) >= 11 is 0. The second kappa shape index (κ2) is 46.5. The Balaban J connectivity index is 4.17. The molecule has 1 atom stereocenters. The second-order valence-corrected chi connectivity index (χ2v) is 18.3. The van der Waals surface area contributed by atoms with Gasteiger partial charge in [0.05, 0.1) is 0 Å². The van der Waals surface area contributed by atoms with Crippen molar-refractivity contribution in [2.24, 2.45) is 5.92 Å². The molecule has 6 heteroatoms. The van der Waals surface area contributed by atoms with E-state index in [1.807, 2.05) is 0 Å². The van der Waals surface area contributed by atoms with Crippen molar-refractivity contribution in [2.75, 3.05) is 13.2 Å². The van der Waals surface area contributed by atoms with Crippen molar-refractivity contribution in [1.82, 2.24) is 0 Å². The monoisotopic (exact) mass is 821 g/mol. The Morgan fingerprint density at radius 2 is 0.569 bits per heavy atom. The summed E-state index contributed by atoms with van der Waals surface area (Å²) in [5.41, 5.74) is 0. The minimum absolute atomic E-state index is 0.0630. The van der Waals surface area contributed by atoms with Crippen LogP contribution in [0.3, 0.4) is 0 Å². The highest BCUT2D eigenvalue weighted by Gasteiger charge is 2.19. The Hall–Kier alpha value is -1.59. The van der Waals surface area contributed by atoms with Crippen molar-refractivity contribution in [1.29, 1.82) is 0 Å². The largest absolute Gasteiger partial charge is 0.462 e. The van der Waals surface area contributed by atoms with Gasteiger partial charge < -0.3 is 14.2 Å². The topological polar surface area (TPSA) is 78.9 Å². The Morgan fingerprint density at radius 1 is 0.328 bits per heavy atom. The highest BCUT2D eigenvalue weighted by Crippen LogP contribution is 2.17. The van der Waals surface area contributed by atoms with Crippen molar-refractivity contribution in [3.05, 3.63) is 0 Å². The molecule has 0 heterocycles. The summed E-state index contributed by atoms with van der Waals surface area (Å²) in [5.74, 6) is 0.00204. The lowest BCUT2D eigenvalue weighted by Crippen LogP contribution is -2.30. The summed E-state index contributed by atoms with van der Waals surface area (Å²) in [4.78, 5) is 37.8. The van der Waals surface area contributed by atoms with E-state index in [2.05, 4.69) is 27.7 Å². The number of unbranched alkanes of at least 4 members (excludes halogenated alkanes) is 34. The number of rotatable bonds is 47. The van der Waals surface area contributed by atoms with Gasteiger partial charge in [-0.1, -0.05) is 252 Å². The summed E-state index contributed by atoms with van der Waals surface area (Å²) < 4.78 is 16.7. The summed E-state index contributed by atoms with van der Waals surface area (Å²) in [6.07, 6.45) is 48.2. The van der Waals surface area contributed by atoms with Crippen LogP contribution in [0, 0.1) is 5.92 Å². The SMILES string of the molecule is CCCCCCCCCCCCCCCCC(=O)O[C@@H](COC(=O)CCCCCCCCC)COC(=O)CCCCCCCCCCCCCCCCCCC(C)C. The summed E-state index contributed by atoms with van der Waals surface area (Å²) in [6, 6.07) is 0. The van der Waals surface area contributed by atoms with Crippen molar-refractivity contribution >= 4 is 17.9 Å². The van der Waals surface area contributed by atoms with Gasteiger partial charge in [-0.25, -0.2) is 0 Å². The third kappa shape index (κ3) is 45.5. The van der Waals surface area contributed by atoms with Gasteiger partial charge in [-0.2, -0.15) is 0 Å². The molecule has 0 amide bonds. The molecule has 0 saturated heterocycles. The minimum atomic E-state index is -0.759. The van der Waals surface area contributed by atoms with Crippen molar-refractivity contribution in [3.8, 4) is 0 Å². The van der Waals surface area contributed by atoms with Crippen LogP contribution in [0.15, 0.2) is 0 Å². The Kier molecular flexibility index (Phi) is 45.2. The molecule has 344 valence electrons. The van der Waals surface area contributed by atoms with Gasteiger partial charge in [0, 0.05) is 19.3 Å². The molecule has 0 aromatic rings. The van der Waals surface area contributed by atoms with Crippen molar-refractivity contribution in [3.63, 3.8) is 0 Å². The molecule has 0 bridgehead atoms. The van der Waals surface area contributed by atoms with E-state index in [1.165, 1.54) is 186 Å². The lowest BCUT2D eigenvalue weighted by Gasteiger charge is -2.18. The molecule has 0 aliphatic rings. The summed E-state index contributed by atoms with van der Waals surface area (Å²) in [5, 5.41) is 0. The van der Waals surface area contributed by atoms with Gasteiger partial charge in [-0.15, -0.1) is 0 Å². The fourth-order valence-electron chi connectivity index (χ4n) is 7.86. The predicted octanol–water partition coefficient (Wildman–Crippen LogP) is 16.7. The second-order valence-electron chi connectivity index (χ2n) is 18.3. The fourth-order valence-corrected chi connectivity index (χ4v) is 7.86. The summed E-state index contributed by atoms with van der Waals surface area (Å²) in [7, 11) is 0. The van der Waals surface area contributed by atoms with E-state index in [0.29, 0.717) is 19.3 Å². The molecular weight excluding hydrogens is 721 g/mol. The molecule has 0 saturated carbocycles. The number of ether oxygens (including phenoxy) is 3. The van der Waals surface area contributed by atoms with Gasteiger partial charge in [0.25, 0.3) is 0 Å². The maximum absolute atomic E-state index is 12.7. The number of hydrogen-bond donors (Lipinski definition) is 0. The zero-order valence-electron chi connectivity index (χ0n) is 39.5. The quantitative estimate of drug-likeness (QED) is 0.0346. The van der Waals surface area contributed by atoms with E-state index in [4.69, 9.17) is 14.2 Å². The first-order valence-corrected chi connectivity index (χ1v) is 25.9. The van der Waals surface area contributed by atoms with E-state index >= 15 is 0 Å². The zero-order valence-corrected chi connectivity index (χ0v) is 39.5. The lowest BCUT2D eigenvalue weighted by molar-refractivity contribution is -0.167. The Morgan fingerprint density at radius 3 is 0.845 bits per heavy atom. The van der Waals surface area contributed by atoms with Gasteiger partial charge in [0.1, 0.15) is 13.2 Å². The van der Waals surface area contributed by atoms with Crippen LogP contribution in [-0.4, -0.2) is 37.2 Å². The normalized spacial score (nSPS) is 11.9. The standard InChI is InChI=1S/C52H100O6/c1-5-7-9-11-13-14-15-16-22-26-29-33-37-41-45-52(55)58-49(46-56-50(53)43-39-35-30-12-10-8-6-2)47-57-51(54)44-40-36-32-28-25-23-20-18-17-19-21-24-27-31-34-38-42-48(3)4/h48-49H,5-47H2,1-4H3/t49-/m0/s1. The maximum Gasteiger partial charge on any atom is 0.306 e. The molecule has 0 aliphatic heterocycles. The van der Waals surface area contributed by atoms with Gasteiger partial charge >= 0.3 is 17.9 Å². The molecule has 58 heavy (non-hydrogen) atoms. The maximum atomic E-state index is 12.7. The molecule has 0 aromatic heterocycles. The average molecular weight is 821 g/mol. The fraction of sp³-hybridized carbons (Fsp3) is 0.942. The number of esters is 3. The Labute approximate surface area is 361 Å². The summed E-state index contributed by atoms with van der Waals surface area (Å²) in [6.45, 7) is 9.00. The molecular formula is C52H100O6. The van der Waals surface area contributed by atoms with Crippen molar-refractivity contribution < 1.29 is 28.6 Å². The number of hydrogen-bond acceptors (Lipinski definition) is 6. The Bertz CT molecular complexity index is 872. The molecule has 0 aliphatic carbocycles. The van der Waals surface area contributed by atoms with E-state index in [-0.39, 0.29) is 31.1 Å². The molecule has 6 nitrogen and oxygen atoms in total. The van der Waals surface area contributed by atoms with E-state index in [9.17, 15) is 14.4 Å². The van der Waals surface area contributed by atoms with Crippen LogP contribution in [0.25, 0.3) is 0 Å². The molecule has 0 fully saturated rings. The first-order valence-electron chi connectivity index (χ1n) is 25.9. The third-order valence-corrected chi connectivity index (χ3v) is 11.8. The average Bonchev–Trinajstić information content (AvgIpc) is 3.21. The highest BCUT2D eigenvalue weighted by molar-refractivity contribution is 5.71. The van der Waals surface area contributed by atoms with Crippen LogP contribution in [-0.2, 0) is 28.6 Å². The smallest absolute Gasteiger partial charge is 0.306 e. The molecule has 0 spiro atoms. The van der Waals surface area contributed by atoms with Crippen LogP contribution in [0.5, 0.6) is 0 Å². The first-order chi connectivity index (χ1) is 28.4. The molecule has 0 aromatic carbocycles. The van der Waals surface area contributed by atoms with Crippen LogP contribution < -0.4 is 0 Å². The number of carbonyl (C=O) groups excluding carboxylic acids is 3. The van der Waals surface area contributed by atoms with E-state index in [0.717, 1.165) is 63.7 Å². The van der Waals surface area contributed by atoms with Gasteiger partial charge in [0.15, 0.2) is 6.10 Å². The van der Waals surface area contributed by atoms with Gasteiger partial charge in [0.2, 0.25) is 0 Å². The molecule has 0 unspecified atom stereocenters. The van der Waals surface area contributed by atoms with Gasteiger partial charge in [-0.3, -0.25) is 14.4 Å². The third-order valence-electron chi connectivity index (χ3n) is 11.8. The van der Waals surface area contributed by atoms with Gasteiger partial charge in [-0.05, 0) is 25.2 Å². The number of carbonyl (C=O) groups is 3. The molecule has 0 radical (unpaired) electrons. The zero-order chi connectivity index (χ0) is 42.4. The predicted molar refractivity (Wildman–Crippen MR) is 247 cm³/mol. The van der Waals surface area contributed by atoms with Crippen LogP contribution >= 0.6 is 0 Å². The van der Waals surface area contributed by atoms with E-state index in [1.54, 1.807) is 0 Å². The van der Waals surface area contributed by atoms with E-state index < -0.39 is 6.10 Å². The van der Waals surface area contributed by atoms with Crippen molar-refractivity contribution in [2.45, 2.75) is 297 Å². The van der Waals surface area contributed by atoms with Crippen LogP contribution in [0.2, 0.25) is 0 Å². The molecule has 0 rings (SSSR count). The highest BCUT2D eigenvalue weighted by atomic mass is 16.6. The van der Waals surface area contributed by atoms with Crippen LogP contribution in [0.1, 0.15) is 291 Å².